The molecule has 1 atom stereocenters. The summed E-state index contributed by atoms with van der Waals surface area (Å²) in [7, 11) is 0. The van der Waals surface area contributed by atoms with Gasteiger partial charge in [-0.25, -0.2) is 8.78 Å². The SMILES string of the molecule is CC1CCc2c(sc(NC(=O)c3cccc(F)c3F)c2C#N)C1. The second kappa shape index (κ2) is 6.09. The Morgan fingerprint density at radius 2 is 2.22 bits per heavy atom. The maximum absolute atomic E-state index is 13.7. The van der Waals surface area contributed by atoms with E-state index in [0.29, 0.717) is 16.5 Å². The number of fused-ring (bicyclic) bond motifs is 1. The van der Waals surface area contributed by atoms with E-state index in [1.165, 1.54) is 23.5 Å². The molecule has 0 saturated heterocycles. The van der Waals surface area contributed by atoms with Crippen molar-refractivity contribution in [1.82, 2.24) is 0 Å². The van der Waals surface area contributed by atoms with Gasteiger partial charge in [-0.2, -0.15) is 5.26 Å². The van der Waals surface area contributed by atoms with Crippen LogP contribution in [0.25, 0.3) is 0 Å². The van der Waals surface area contributed by atoms with Crippen LogP contribution in [0.4, 0.5) is 13.8 Å². The predicted molar refractivity (Wildman–Crippen MR) is 84.5 cm³/mol. The van der Waals surface area contributed by atoms with Gasteiger partial charge in [0.25, 0.3) is 5.91 Å². The van der Waals surface area contributed by atoms with E-state index in [1.807, 2.05) is 0 Å². The molecule has 6 heteroatoms. The van der Waals surface area contributed by atoms with Gasteiger partial charge < -0.3 is 5.32 Å². The summed E-state index contributed by atoms with van der Waals surface area (Å²) in [4.78, 5) is 13.3. The number of nitriles is 1. The number of nitrogens with one attached hydrogen (secondary N) is 1. The van der Waals surface area contributed by atoms with Crippen molar-refractivity contribution in [3.8, 4) is 6.07 Å². The van der Waals surface area contributed by atoms with Gasteiger partial charge >= 0.3 is 0 Å². The predicted octanol–water partition coefficient (Wildman–Crippen LogP) is 4.28. The minimum Gasteiger partial charge on any atom is -0.312 e. The van der Waals surface area contributed by atoms with E-state index in [0.717, 1.165) is 35.8 Å². The van der Waals surface area contributed by atoms with Gasteiger partial charge in [0.05, 0.1) is 11.1 Å². The highest BCUT2D eigenvalue weighted by Crippen LogP contribution is 2.39. The molecule has 1 aliphatic carbocycles. The van der Waals surface area contributed by atoms with Crippen LogP contribution >= 0.6 is 11.3 Å². The van der Waals surface area contributed by atoms with E-state index >= 15 is 0 Å². The number of carbonyl (C=O) groups excluding carboxylic acids is 1. The van der Waals surface area contributed by atoms with Crippen molar-refractivity contribution in [2.45, 2.75) is 26.2 Å². The lowest BCUT2D eigenvalue weighted by Crippen LogP contribution is -2.14. The summed E-state index contributed by atoms with van der Waals surface area (Å²) in [6.45, 7) is 2.15. The number of amides is 1. The first-order valence-corrected chi connectivity index (χ1v) is 8.13. The Hall–Kier alpha value is -2.26. The third kappa shape index (κ3) is 2.84. The largest absolute Gasteiger partial charge is 0.312 e. The van der Waals surface area contributed by atoms with E-state index in [2.05, 4.69) is 18.3 Å². The zero-order valence-corrected chi connectivity index (χ0v) is 13.3. The summed E-state index contributed by atoms with van der Waals surface area (Å²) < 4.78 is 27.0. The number of nitrogens with zero attached hydrogens (tertiary/aromatic N) is 1. The van der Waals surface area contributed by atoms with E-state index < -0.39 is 17.5 Å². The monoisotopic (exact) mass is 332 g/mol. The molecule has 1 amide bonds. The molecule has 1 heterocycles. The topological polar surface area (TPSA) is 52.9 Å². The molecule has 3 rings (SSSR count). The number of halogens is 2. The van der Waals surface area contributed by atoms with Crippen LogP contribution in [0.3, 0.4) is 0 Å². The molecule has 1 aromatic heterocycles. The third-order valence-electron chi connectivity index (χ3n) is 4.05. The standard InChI is InChI=1S/C17H14F2N2OS/c1-9-5-6-10-12(8-20)17(23-14(10)7-9)21-16(22)11-3-2-4-13(18)15(11)19/h2-4,9H,5-7H2,1H3,(H,21,22). The van der Waals surface area contributed by atoms with Gasteiger partial charge in [0.15, 0.2) is 11.6 Å². The molecule has 0 radical (unpaired) electrons. The second-order valence-corrected chi connectivity index (χ2v) is 6.83. The summed E-state index contributed by atoms with van der Waals surface area (Å²) in [5.41, 5.74) is 1.06. The first kappa shape index (κ1) is 15.6. The summed E-state index contributed by atoms with van der Waals surface area (Å²) in [6.07, 6.45) is 2.68. The fourth-order valence-corrected chi connectivity index (χ4v) is 4.16. The van der Waals surface area contributed by atoms with Crippen molar-refractivity contribution in [3.05, 3.63) is 51.4 Å². The highest BCUT2D eigenvalue weighted by molar-refractivity contribution is 7.16. The average Bonchev–Trinajstić information content (AvgIpc) is 2.85. The Morgan fingerprint density at radius 3 is 2.96 bits per heavy atom. The van der Waals surface area contributed by atoms with Gasteiger partial charge in [-0.3, -0.25) is 4.79 Å². The van der Waals surface area contributed by atoms with Gasteiger partial charge in [-0.1, -0.05) is 13.0 Å². The van der Waals surface area contributed by atoms with Crippen LogP contribution in [-0.4, -0.2) is 5.91 Å². The molecule has 0 fully saturated rings. The third-order valence-corrected chi connectivity index (χ3v) is 5.22. The van der Waals surface area contributed by atoms with Gasteiger partial charge in [-0.15, -0.1) is 11.3 Å². The normalized spacial score (nSPS) is 16.5. The molecule has 1 N–H and O–H groups in total. The number of thiophene rings is 1. The van der Waals surface area contributed by atoms with Crippen molar-refractivity contribution in [2.75, 3.05) is 5.32 Å². The number of rotatable bonds is 2. The molecule has 3 nitrogen and oxygen atoms in total. The molecular formula is C17H14F2N2OS. The van der Waals surface area contributed by atoms with Crippen LogP contribution in [0.15, 0.2) is 18.2 Å². The maximum atomic E-state index is 13.7. The van der Waals surface area contributed by atoms with Gasteiger partial charge in [0.2, 0.25) is 0 Å². The minimum absolute atomic E-state index is 0.367. The smallest absolute Gasteiger partial charge is 0.259 e. The van der Waals surface area contributed by atoms with Crippen LogP contribution in [0.1, 0.15) is 39.7 Å². The number of carbonyl (C=O) groups is 1. The van der Waals surface area contributed by atoms with Gasteiger partial charge in [-0.05, 0) is 42.9 Å². The summed E-state index contributed by atoms with van der Waals surface area (Å²) >= 11 is 1.35. The molecule has 1 unspecified atom stereocenters. The lowest BCUT2D eigenvalue weighted by molar-refractivity contribution is 0.102. The van der Waals surface area contributed by atoms with E-state index in [-0.39, 0.29) is 5.56 Å². The average molecular weight is 332 g/mol. The Kier molecular flexibility index (Phi) is 4.14. The minimum atomic E-state index is -1.18. The zero-order chi connectivity index (χ0) is 16.6. The van der Waals surface area contributed by atoms with E-state index in [4.69, 9.17) is 0 Å². The van der Waals surface area contributed by atoms with Crippen LogP contribution in [0, 0.1) is 28.9 Å². The summed E-state index contributed by atoms with van der Waals surface area (Å²) in [5, 5.41) is 12.4. The number of hydrogen-bond donors (Lipinski definition) is 1. The van der Waals surface area contributed by atoms with E-state index in [1.54, 1.807) is 0 Å². The molecule has 1 aromatic carbocycles. The summed E-state index contributed by atoms with van der Waals surface area (Å²) in [6, 6.07) is 5.58. The molecule has 118 valence electrons. The van der Waals surface area contributed by atoms with Crippen molar-refractivity contribution < 1.29 is 13.6 Å². The number of benzene rings is 1. The van der Waals surface area contributed by atoms with Crippen LogP contribution in [0.2, 0.25) is 0 Å². The molecule has 2 aromatic rings. The molecule has 0 saturated carbocycles. The Balaban J connectivity index is 1.93. The molecule has 1 aliphatic rings. The molecular weight excluding hydrogens is 318 g/mol. The van der Waals surface area contributed by atoms with Crippen molar-refractivity contribution >= 4 is 22.2 Å². The molecule has 0 bridgehead atoms. The summed E-state index contributed by atoms with van der Waals surface area (Å²) in [5.74, 6) is -2.46. The molecule has 23 heavy (non-hydrogen) atoms. The highest BCUT2D eigenvalue weighted by Gasteiger charge is 2.25. The van der Waals surface area contributed by atoms with Crippen molar-refractivity contribution in [2.24, 2.45) is 5.92 Å². The Labute approximate surface area is 136 Å². The fraction of sp³-hybridized carbons (Fsp3) is 0.294. The Bertz CT molecular complexity index is 823. The lowest BCUT2D eigenvalue weighted by Gasteiger charge is -2.17. The first-order valence-electron chi connectivity index (χ1n) is 7.31. The zero-order valence-electron chi connectivity index (χ0n) is 12.5. The Morgan fingerprint density at radius 1 is 1.43 bits per heavy atom. The number of anilines is 1. The maximum Gasteiger partial charge on any atom is 0.259 e. The molecule has 0 aliphatic heterocycles. The quantitative estimate of drug-likeness (QED) is 0.892. The van der Waals surface area contributed by atoms with Crippen LogP contribution in [0.5, 0.6) is 0 Å². The van der Waals surface area contributed by atoms with Crippen molar-refractivity contribution in [3.63, 3.8) is 0 Å². The van der Waals surface area contributed by atoms with E-state index in [9.17, 15) is 18.8 Å². The fourth-order valence-electron chi connectivity index (χ4n) is 2.81. The van der Waals surface area contributed by atoms with Crippen LogP contribution in [-0.2, 0) is 12.8 Å². The highest BCUT2D eigenvalue weighted by atomic mass is 32.1. The lowest BCUT2D eigenvalue weighted by atomic mass is 9.88. The van der Waals surface area contributed by atoms with Crippen molar-refractivity contribution in [1.29, 1.82) is 5.26 Å². The molecule has 0 spiro atoms. The second-order valence-electron chi connectivity index (χ2n) is 5.72. The van der Waals surface area contributed by atoms with Crippen LogP contribution < -0.4 is 5.32 Å². The number of hydrogen-bond acceptors (Lipinski definition) is 3. The van der Waals surface area contributed by atoms with Gasteiger partial charge in [0.1, 0.15) is 11.1 Å². The first-order chi connectivity index (χ1) is 11.0. The van der Waals surface area contributed by atoms with Gasteiger partial charge in [0, 0.05) is 4.88 Å².